The Morgan fingerprint density at radius 3 is 2.81 bits per heavy atom. The van der Waals surface area contributed by atoms with Crippen LogP contribution in [0.15, 0.2) is 9.59 Å². The lowest BCUT2D eigenvalue weighted by atomic mass is 9.99. The molecule has 0 aliphatic carbocycles. The van der Waals surface area contributed by atoms with E-state index in [1.165, 1.54) is 11.6 Å². The number of aliphatic hydroxyl groups excluding tert-OH is 1. The van der Waals surface area contributed by atoms with Gasteiger partial charge in [-0.1, -0.05) is 0 Å². The predicted octanol–water partition coefficient (Wildman–Crippen LogP) is -0.831. The third-order valence-corrected chi connectivity index (χ3v) is 4.16. The molecule has 0 spiro atoms. The minimum atomic E-state index is -0.391. The highest BCUT2D eigenvalue weighted by Gasteiger charge is 2.23. The highest BCUT2D eigenvalue weighted by molar-refractivity contribution is 5.73. The van der Waals surface area contributed by atoms with Gasteiger partial charge in [-0.2, -0.15) is 4.98 Å². The van der Waals surface area contributed by atoms with Crippen LogP contribution in [0.4, 0.5) is 5.95 Å². The van der Waals surface area contributed by atoms with Crippen molar-refractivity contribution in [2.75, 3.05) is 24.6 Å². The molecule has 0 bridgehead atoms. The second-order valence-corrected chi connectivity index (χ2v) is 5.60. The van der Waals surface area contributed by atoms with E-state index in [-0.39, 0.29) is 18.1 Å². The van der Waals surface area contributed by atoms with Gasteiger partial charge in [-0.15, -0.1) is 0 Å². The molecule has 3 rings (SSSR count). The average Bonchev–Trinajstić information content (AvgIpc) is 2.96. The van der Waals surface area contributed by atoms with E-state index in [4.69, 9.17) is 0 Å². The second kappa shape index (κ2) is 5.03. The first-order chi connectivity index (χ1) is 10.0. The fourth-order valence-corrected chi connectivity index (χ4v) is 2.87. The smallest absolute Gasteiger partial charge is 0.332 e. The first-order valence-electron chi connectivity index (χ1n) is 7.04. The molecule has 0 aromatic carbocycles. The number of rotatable bonds is 2. The maximum Gasteiger partial charge on any atom is 0.332 e. The zero-order chi connectivity index (χ0) is 15.1. The summed E-state index contributed by atoms with van der Waals surface area (Å²) in [6, 6.07) is 0. The van der Waals surface area contributed by atoms with Gasteiger partial charge >= 0.3 is 5.69 Å². The maximum absolute atomic E-state index is 12.1. The van der Waals surface area contributed by atoms with Crippen molar-refractivity contribution >= 4 is 17.1 Å². The number of imidazole rings is 1. The lowest BCUT2D eigenvalue weighted by molar-refractivity contribution is 0.208. The zero-order valence-corrected chi connectivity index (χ0v) is 12.2. The molecule has 3 heterocycles. The first-order valence-corrected chi connectivity index (χ1v) is 7.04. The average molecular weight is 293 g/mol. The van der Waals surface area contributed by atoms with E-state index in [1.54, 1.807) is 7.05 Å². The lowest BCUT2D eigenvalue weighted by Gasteiger charge is -2.31. The number of aromatic amines is 1. The van der Waals surface area contributed by atoms with Gasteiger partial charge in [0.2, 0.25) is 5.95 Å². The van der Waals surface area contributed by atoms with Gasteiger partial charge < -0.3 is 15.0 Å². The number of fused-ring (bicyclic) bond motifs is 1. The minimum Gasteiger partial charge on any atom is -0.396 e. The summed E-state index contributed by atoms with van der Waals surface area (Å²) < 4.78 is 2.43. The Bertz CT molecular complexity index is 787. The van der Waals surface area contributed by atoms with Crippen LogP contribution in [0.2, 0.25) is 0 Å². The van der Waals surface area contributed by atoms with Gasteiger partial charge in [0, 0.05) is 33.8 Å². The monoisotopic (exact) mass is 293 g/mol. The summed E-state index contributed by atoms with van der Waals surface area (Å²) in [6.45, 7) is 1.67. The van der Waals surface area contributed by atoms with Crippen molar-refractivity contribution in [1.29, 1.82) is 0 Å². The van der Waals surface area contributed by atoms with Crippen LogP contribution in [0.25, 0.3) is 11.2 Å². The number of piperidine rings is 1. The molecular weight excluding hydrogens is 274 g/mol. The zero-order valence-electron chi connectivity index (χ0n) is 12.2. The van der Waals surface area contributed by atoms with Crippen LogP contribution >= 0.6 is 0 Å². The summed E-state index contributed by atoms with van der Waals surface area (Å²) in [5, 5.41) is 9.30. The second-order valence-electron chi connectivity index (χ2n) is 5.60. The fourth-order valence-electron chi connectivity index (χ4n) is 2.87. The summed E-state index contributed by atoms with van der Waals surface area (Å²) in [7, 11) is 3.05. The number of aromatic nitrogens is 4. The molecule has 8 heteroatoms. The summed E-state index contributed by atoms with van der Waals surface area (Å²) in [4.78, 5) is 33.5. The Morgan fingerprint density at radius 1 is 1.33 bits per heavy atom. The van der Waals surface area contributed by atoms with Crippen molar-refractivity contribution in [3.63, 3.8) is 0 Å². The summed E-state index contributed by atoms with van der Waals surface area (Å²) in [5.41, 5.74) is -0.0649. The number of hydrogen-bond donors (Lipinski definition) is 2. The third kappa shape index (κ3) is 2.15. The molecule has 2 aromatic heterocycles. The fraction of sp³-hybridized carbons (Fsp3) is 0.615. The predicted molar refractivity (Wildman–Crippen MR) is 78.6 cm³/mol. The van der Waals surface area contributed by atoms with Gasteiger partial charge in [0.15, 0.2) is 11.2 Å². The van der Waals surface area contributed by atoms with E-state index in [1.807, 2.05) is 4.90 Å². The molecule has 8 nitrogen and oxygen atoms in total. The van der Waals surface area contributed by atoms with Crippen LogP contribution in [0.1, 0.15) is 12.8 Å². The minimum absolute atomic E-state index is 0.150. The Kier molecular flexibility index (Phi) is 3.32. The molecule has 1 atom stereocenters. The molecule has 0 saturated carbocycles. The highest BCUT2D eigenvalue weighted by atomic mass is 16.3. The van der Waals surface area contributed by atoms with Crippen molar-refractivity contribution in [2.45, 2.75) is 12.8 Å². The van der Waals surface area contributed by atoms with Crippen LogP contribution in [-0.4, -0.2) is 43.9 Å². The van der Waals surface area contributed by atoms with Crippen LogP contribution in [-0.2, 0) is 14.1 Å². The van der Waals surface area contributed by atoms with Crippen LogP contribution in [0.5, 0.6) is 0 Å². The van der Waals surface area contributed by atoms with Crippen molar-refractivity contribution in [3.05, 3.63) is 20.8 Å². The van der Waals surface area contributed by atoms with Crippen LogP contribution in [0, 0.1) is 5.92 Å². The number of anilines is 1. The van der Waals surface area contributed by atoms with Gasteiger partial charge in [0.25, 0.3) is 5.56 Å². The Morgan fingerprint density at radius 2 is 2.10 bits per heavy atom. The number of aliphatic hydroxyl groups is 1. The highest BCUT2D eigenvalue weighted by Crippen LogP contribution is 2.21. The standard InChI is InChI=1S/C13H19N5O3/c1-16-10-9(11(20)17(2)13(16)21)14-12(15-10)18-5-3-4-8(6-18)7-19/h8,19H,3-7H2,1-2H3,(H,14,15)/t8-/m1/s1. The maximum atomic E-state index is 12.1. The van der Waals surface area contributed by atoms with Crippen LogP contribution < -0.4 is 16.1 Å². The largest absolute Gasteiger partial charge is 0.396 e. The first kappa shape index (κ1) is 13.9. The normalized spacial score (nSPS) is 19.4. The summed E-state index contributed by atoms with van der Waals surface area (Å²) >= 11 is 0. The van der Waals surface area contributed by atoms with Crippen molar-refractivity contribution in [3.8, 4) is 0 Å². The third-order valence-electron chi connectivity index (χ3n) is 4.16. The van der Waals surface area contributed by atoms with E-state index < -0.39 is 5.69 Å². The van der Waals surface area contributed by atoms with E-state index >= 15 is 0 Å². The number of nitrogens with one attached hydrogen (secondary N) is 1. The van der Waals surface area contributed by atoms with E-state index in [9.17, 15) is 14.7 Å². The molecule has 1 aliphatic rings. The topological polar surface area (TPSA) is 96.2 Å². The Balaban J connectivity index is 2.10. The lowest BCUT2D eigenvalue weighted by Crippen LogP contribution is -2.37. The van der Waals surface area contributed by atoms with Gasteiger partial charge in [0.05, 0.1) is 0 Å². The summed E-state index contributed by atoms with van der Waals surface area (Å²) in [5.74, 6) is 0.806. The quantitative estimate of drug-likeness (QED) is 0.753. The van der Waals surface area contributed by atoms with Crippen LogP contribution in [0.3, 0.4) is 0 Å². The summed E-state index contributed by atoms with van der Waals surface area (Å²) in [6.07, 6.45) is 1.96. The van der Waals surface area contributed by atoms with Gasteiger partial charge in [-0.3, -0.25) is 13.9 Å². The molecule has 1 fully saturated rings. The van der Waals surface area contributed by atoms with E-state index in [0.717, 1.165) is 24.0 Å². The van der Waals surface area contributed by atoms with Crippen molar-refractivity contribution < 1.29 is 5.11 Å². The number of aryl methyl sites for hydroxylation is 1. The SMILES string of the molecule is Cn1c(=O)c2[nH]c(N3CCC[C@@H](CO)C3)nc2n(C)c1=O. The van der Waals surface area contributed by atoms with Crippen molar-refractivity contribution in [1.82, 2.24) is 19.1 Å². The van der Waals surface area contributed by atoms with E-state index in [0.29, 0.717) is 23.7 Å². The molecule has 2 aromatic rings. The van der Waals surface area contributed by atoms with Gasteiger partial charge in [-0.25, -0.2) is 4.79 Å². The molecule has 0 radical (unpaired) electrons. The number of nitrogens with zero attached hydrogens (tertiary/aromatic N) is 4. The Hall–Kier alpha value is -2.09. The molecule has 1 aliphatic heterocycles. The Labute approximate surface area is 120 Å². The molecule has 1 saturated heterocycles. The molecule has 21 heavy (non-hydrogen) atoms. The molecule has 2 N–H and O–H groups in total. The van der Waals surface area contributed by atoms with Crippen molar-refractivity contribution in [2.24, 2.45) is 20.0 Å². The van der Waals surface area contributed by atoms with Gasteiger partial charge in [0.1, 0.15) is 0 Å². The molecule has 0 unspecified atom stereocenters. The van der Waals surface area contributed by atoms with E-state index in [2.05, 4.69) is 9.97 Å². The molecule has 114 valence electrons. The van der Waals surface area contributed by atoms with Gasteiger partial charge in [-0.05, 0) is 18.8 Å². The number of hydrogen-bond acceptors (Lipinski definition) is 5. The number of H-pyrrole nitrogens is 1. The molecular formula is C13H19N5O3. The molecule has 0 amide bonds.